The van der Waals surface area contributed by atoms with Gasteiger partial charge in [-0.3, -0.25) is 4.79 Å². The Labute approximate surface area is 70.6 Å². The maximum atomic E-state index is 9.81. The summed E-state index contributed by atoms with van der Waals surface area (Å²) in [6, 6.07) is 7.44. The zero-order chi connectivity index (χ0) is 8.10. The van der Waals surface area contributed by atoms with Crippen molar-refractivity contribution in [1.82, 2.24) is 0 Å². The third-order valence-corrected chi connectivity index (χ3v) is 1.55. The molecule has 0 saturated heterocycles. The Morgan fingerprint density at radius 2 is 2.00 bits per heavy atom. The van der Waals surface area contributed by atoms with Crippen molar-refractivity contribution in [3.05, 3.63) is 29.8 Å². The van der Waals surface area contributed by atoms with Crippen molar-refractivity contribution in [3.8, 4) is 0 Å². The molecule has 0 aliphatic rings. The Bertz CT molecular complexity index is 230. The molecule has 0 spiro atoms. The molecule has 0 unspecified atom stereocenters. The standard InChI is InChI=1S/C8H8O2S/c9-6-10-5-7-1-3-8(11)4-2-7/h1-4,6,11H,5H2. The number of thiol groups is 1. The van der Waals surface area contributed by atoms with Gasteiger partial charge in [0.1, 0.15) is 6.61 Å². The minimum atomic E-state index is 0.331. The molecule has 0 atom stereocenters. The van der Waals surface area contributed by atoms with E-state index in [1.54, 1.807) is 0 Å². The fraction of sp³-hybridized carbons (Fsp3) is 0.125. The van der Waals surface area contributed by atoms with Gasteiger partial charge in [0, 0.05) is 4.90 Å². The summed E-state index contributed by atoms with van der Waals surface area (Å²) >= 11 is 4.11. The lowest BCUT2D eigenvalue weighted by molar-refractivity contribution is -0.129. The van der Waals surface area contributed by atoms with E-state index >= 15 is 0 Å². The molecular formula is C8H8O2S. The largest absolute Gasteiger partial charge is 0.463 e. The first kappa shape index (κ1) is 8.14. The van der Waals surface area contributed by atoms with Crippen molar-refractivity contribution in [3.63, 3.8) is 0 Å². The van der Waals surface area contributed by atoms with Crippen LogP contribution in [0.1, 0.15) is 5.56 Å². The van der Waals surface area contributed by atoms with E-state index in [9.17, 15) is 4.79 Å². The molecule has 0 heterocycles. The Morgan fingerprint density at radius 1 is 1.36 bits per heavy atom. The monoisotopic (exact) mass is 168 g/mol. The molecule has 0 amide bonds. The lowest BCUT2D eigenvalue weighted by Crippen LogP contribution is -1.88. The minimum Gasteiger partial charge on any atom is -0.463 e. The third-order valence-electron chi connectivity index (χ3n) is 1.25. The van der Waals surface area contributed by atoms with Crippen LogP contribution in [0.25, 0.3) is 0 Å². The molecule has 0 aromatic heterocycles. The van der Waals surface area contributed by atoms with Crippen LogP contribution in [0.2, 0.25) is 0 Å². The highest BCUT2D eigenvalue weighted by molar-refractivity contribution is 7.80. The van der Waals surface area contributed by atoms with Crippen LogP contribution in [0.4, 0.5) is 0 Å². The Kier molecular flexibility index (Phi) is 2.98. The Balaban J connectivity index is 2.58. The molecular weight excluding hydrogens is 160 g/mol. The van der Waals surface area contributed by atoms with Gasteiger partial charge in [0.25, 0.3) is 6.47 Å². The van der Waals surface area contributed by atoms with Crippen LogP contribution in [0.3, 0.4) is 0 Å². The van der Waals surface area contributed by atoms with E-state index in [-0.39, 0.29) is 0 Å². The molecule has 0 aliphatic heterocycles. The van der Waals surface area contributed by atoms with E-state index in [0.29, 0.717) is 13.1 Å². The number of rotatable bonds is 3. The quantitative estimate of drug-likeness (QED) is 0.548. The van der Waals surface area contributed by atoms with Gasteiger partial charge < -0.3 is 4.74 Å². The third kappa shape index (κ3) is 2.63. The highest BCUT2D eigenvalue weighted by Crippen LogP contribution is 2.07. The molecule has 0 saturated carbocycles. The number of hydrogen-bond acceptors (Lipinski definition) is 3. The summed E-state index contributed by atoms with van der Waals surface area (Å²) in [6.07, 6.45) is 0. The highest BCUT2D eigenvalue weighted by atomic mass is 32.1. The first-order valence-electron chi connectivity index (χ1n) is 3.16. The zero-order valence-electron chi connectivity index (χ0n) is 5.86. The van der Waals surface area contributed by atoms with E-state index in [0.717, 1.165) is 10.5 Å². The van der Waals surface area contributed by atoms with Gasteiger partial charge in [0.05, 0.1) is 0 Å². The molecule has 1 aromatic carbocycles. The van der Waals surface area contributed by atoms with Gasteiger partial charge in [0.2, 0.25) is 0 Å². The molecule has 1 rings (SSSR count). The van der Waals surface area contributed by atoms with Crippen LogP contribution >= 0.6 is 12.6 Å². The molecule has 2 nitrogen and oxygen atoms in total. The molecule has 0 radical (unpaired) electrons. The number of benzene rings is 1. The number of hydrogen-bond donors (Lipinski definition) is 1. The van der Waals surface area contributed by atoms with Crippen LogP contribution in [0.15, 0.2) is 29.2 Å². The highest BCUT2D eigenvalue weighted by Gasteiger charge is 1.90. The zero-order valence-corrected chi connectivity index (χ0v) is 6.75. The summed E-state index contributed by atoms with van der Waals surface area (Å²) in [6.45, 7) is 0.770. The van der Waals surface area contributed by atoms with Gasteiger partial charge in [-0.15, -0.1) is 12.6 Å². The van der Waals surface area contributed by atoms with Gasteiger partial charge in [-0.05, 0) is 17.7 Å². The normalized spacial score (nSPS) is 9.18. The summed E-state index contributed by atoms with van der Waals surface area (Å²) in [5.74, 6) is 0. The van der Waals surface area contributed by atoms with Crippen molar-refractivity contribution in [2.24, 2.45) is 0 Å². The van der Waals surface area contributed by atoms with E-state index in [4.69, 9.17) is 0 Å². The second-order valence-electron chi connectivity index (χ2n) is 2.07. The van der Waals surface area contributed by atoms with Gasteiger partial charge in [-0.2, -0.15) is 0 Å². The van der Waals surface area contributed by atoms with Crippen molar-refractivity contribution >= 4 is 19.1 Å². The van der Waals surface area contributed by atoms with E-state index < -0.39 is 0 Å². The number of ether oxygens (including phenoxy) is 1. The molecule has 0 aliphatic carbocycles. The van der Waals surface area contributed by atoms with Crippen LogP contribution < -0.4 is 0 Å². The number of carbonyl (C=O) groups excluding carboxylic acids is 1. The van der Waals surface area contributed by atoms with Crippen LogP contribution in [0, 0.1) is 0 Å². The first-order valence-corrected chi connectivity index (χ1v) is 3.61. The number of carbonyl (C=O) groups is 1. The average molecular weight is 168 g/mol. The fourth-order valence-corrected chi connectivity index (χ4v) is 0.871. The Morgan fingerprint density at radius 3 is 2.55 bits per heavy atom. The first-order chi connectivity index (χ1) is 5.33. The van der Waals surface area contributed by atoms with E-state index in [1.165, 1.54) is 0 Å². The maximum absolute atomic E-state index is 9.81. The van der Waals surface area contributed by atoms with Crippen molar-refractivity contribution < 1.29 is 9.53 Å². The average Bonchev–Trinajstić information content (AvgIpc) is 2.04. The summed E-state index contributed by atoms with van der Waals surface area (Å²) < 4.78 is 4.55. The maximum Gasteiger partial charge on any atom is 0.293 e. The summed E-state index contributed by atoms with van der Waals surface area (Å²) in [5, 5.41) is 0. The van der Waals surface area contributed by atoms with Gasteiger partial charge in [-0.25, -0.2) is 0 Å². The summed E-state index contributed by atoms with van der Waals surface area (Å²) in [7, 11) is 0. The summed E-state index contributed by atoms with van der Waals surface area (Å²) in [5.41, 5.74) is 0.968. The van der Waals surface area contributed by atoms with E-state index in [2.05, 4.69) is 17.4 Å². The fourth-order valence-electron chi connectivity index (χ4n) is 0.722. The molecule has 0 fully saturated rings. The lowest BCUT2D eigenvalue weighted by atomic mass is 10.2. The molecule has 11 heavy (non-hydrogen) atoms. The lowest BCUT2D eigenvalue weighted by Gasteiger charge is -1.98. The van der Waals surface area contributed by atoms with Crippen LogP contribution in [0.5, 0.6) is 0 Å². The Hall–Kier alpha value is -0.960. The van der Waals surface area contributed by atoms with Crippen molar-refractivity contribution in [1.29, 1.82) is 0 Å². The van der Waals surface area contributed by atoms with Gasteiger partial charge in [-0.1, -0.05) is 12.1 Å². The van der Waals surface area contributed by atoms with E-state index in [1.807, 2.05) is 24.3 Å². The minimum absolute atomic E-state index is 0.331. The summed E-state index contributed by atoms with van der Waals surface area (Å²) in [4.78, 5) is 10.7. The second-order valence-corrected chi connectivity index (χ2v) is 2.59. The molecule has 1 aromatic rings. The van der Waals surface area contributed by atoms with Crippen LogP contribution in [-0.2, 0) is 16.1 Å². The second kappa shape index (κ2) is 4.03. The topological polar surface area (TPSA) is 26.3 Å². The molecule has 58 valence electrons. The van der Waals surface area contributed by atoms with Gasteiger partial charge in [0.15, 0.2) is 0 Å². The molecule has 3 heteroatoms. The van der Waals surface area contributed by atoms with Crippen molar-refractivity contribution in [2.75, 3.05) is 0 Å². The van der Waals surface area contributed by atoms with Crippen molar-refractivity contribution in [2.45, 2.75) is 11.5 Å². The van der Waals surface area contributed by atoms with Crippen LogP contribution in [-0.4, -0.2) is 6.47 Å². The SMILES string of the molecule is O=COCc1ccc(S)cc1. The van der Waals surface area contributed by atoms with Gasteiger partial charge >= 0.3 is 0 Å². The smallest absolute Gasteiger partial charge is 0.293 e. The predicted molar refractivity (Wildman–Crippen MR) is 44.5 cm³/mol. The molecule has 0 bridgehead atoms. The predicted octanol–water partition coefficient (Wildman–Crippen LogP) is 1.65. The molecule has 0 N–H and O–H groups in total.